The first kappa shape index (κ1) is 11.0. The van der Waals surface area contributed by atoms with E-state index in [0.29, 0.717) is 12.8 Å². The molecule has 76 valence electrons. The standard InChI is InChI=1S/C10H10ClFO2/c11-8-5-4-7(6-9(8)12)2-1-3-10(13)14/h4-6H,1-3H2,(H,13,14). The van der Waals surface area contributed by atoms with Crippen LogP contribution in [0.1, 0.15) is 18.4 Å². The van der Waals surface area contributed by atoms with E-state index < -0.39 is 11.8 Å². The van der Waals surface area contributed by atoms with E-state index in [9.17, 15) is 9.18 Å². The van der Waals surface area contributed by atoms with Gasteiger partial charge in [-0.1, -0.05) is 17.7 Å². The Balaban J connectivity index is 2.51. The number of aliphatic carboxylic acids is 1. The number of halogens is 2. The molecule has 0 amide bonds. The quantitative estimate of drug-likeness (QED) is 0.840. The molecule has 0 heterocycles. The van der Waals surface area contributed by atoms with E-state index in [4.69, 9.17) is 16.7 Å². The maximum atomic E-state index is 12.9. The number of hydrogen-bond acceptors (Lipinski definition) is 1. The Morgan fingerprint density at radius 2 is 2.21 bits per heavy atom. The maximum absolute atomic E-state index is 12.9. The normalized spacial score (nSPS) is 10.1. The van der Waals surface area contributed by atoms with E-state index >= 15 is 0 Å². The second-order valence-corrected chi connectivity index (χ2v) is 3.40. The summed E-state index contributed by atoms with van der Waals surface area (Å²) in [5.41, 5.74) is 0.771. The van der Waals surface area contributed by atoms with Gasteiger partial charge < -0.3 is 5.11 Å². The van der Waals surface area contributed by atoms with Crippen LogP contribution in [0.4, 0.5) is 4.39 Å². The van der Waals surface area contributed by atoms with E-state index in [1.165, 1.54) is 12.1 Å². The van der Waals surface area contributed by atoms with Crippen LogP contribution in [-0.4, -0.2) is 11.1 Å². The highest BCUT2D eigenvalue weighted by atomic mass is 35.5. The molecule has 0 saturated heterocycles. The van der Waals surface area contributed by atoms with E-state index in [1.807, 2.05) is 0 Å². The number of carbonyl (C=O) groups is 1. The molecule has 0 aliphatic rings. The lowest BCUT2D eigenvalue weighted by Gasteiger charge is -2.00. The Kier molecular flexibility index (Phi) is 3.89. The molecule has 1 aromatic carbocycles. The van der Waals surface area contributed by atoms with Gasteiger partial charge in [-0.2, -0.15) is 0 Å². The number of benzene rings is 1. The van der Waals surface area contributed by atoms with Crippen LogP contribution in [-0.2, 0) is 11.2 Å². The van der Waals surface area contributed by atoms with Crippen LogP contribution >= 0.6 is 11.6 Å². The van der Waals surface area contributed by atoms with Crippen molar-refractivity contribution in [3.63, 3.8) is 0 Å². The molecule has 0 spiro atoms. The molecular weight excluding hydrogens is 207 g/mol. The van der Waals surface area contributed by atoms with Crippen LogP contribution in [0.5, 0.6) is 0 Å². The number of aryl methyl sites for hydroxylation is 1. The minimum Gasteiger partial charge on any atom is -0.481 e. The summed E-state index contributed by atoms with van der Waals surface area (Å²) in [6.45, 7) is 0. The third-order valence-electron chi connectivity index (χ3n) is 1.84. The largest absolute Gasteiger partial charge is 0.481 e. The van der Waals surface area contributed by atoms with Crippen molar-refractivity contribution in [2.45, 2.75) is 19.3 Å². The molecule has 1 rings (SSSR count). The molecule has 0 saturated carbocycles. The summed E-state index contributed by atoms with van der Waals surface area (Å²) >= 11 is 5.50. The first-order valence-electron chi connectivity index (χ1n) is 4.25. The van der Waals surface area contributed by atoms with Crippen LogP contribution < -0.4 is 0 Å². The number of hydrogen-bond donors (Lipinski definition) is 1. The van der Waals surface area contributed by atoms with Crippen molar-refractivity contribution in [2.75, 3.05) is 0 Å². The van der Waals surface area contributed by atoms with Gasteiger partial charge in [-0.3, -0.25) is 4.79 Å². The minimum atomic E-state index is -0.834. The molecule has 2 nitrogen and oxygen atoms in total. The van der Waals surface area contributed by atoms with Crippen molar-refractivity contribution in [1.29, 1.82) is 0 Å². The molecule has 0 aliphatic heterocycles. The lowest BCUT2D eigenvalue weighted by atomic mass is 10.1. The Morgan fingerprint density at radius 3 is 2.79 bits per heavy atom. The molecular formula is C10H10ClFO2. The zero-order valence-electron chi connectivity index (χ0n) is 7.46. The molecule has 0 aromatic heterocycles. The molecule has 4 heteroatoms. The third-order valence-corrected chi connectivity index (χ3v) is 2.15. The number of rotatable bonds is 4. The fourth-order valence-corrected chi connectivity index (χ4v) is 1.26. The van der Waals surface area contributed by atoms with Gasteiger partial charge in [0, 0.05) is 6.42 Å². The summed E-state index contributed by atoms with van der Waals surface area (Å²) in [5.74, 6) is -1.29. The topological polar surface area (TPSA) is 37.3 Å². The highest BCUT2D eigenvalue weighted by Crippen LogP contribution is 2.16. The van der Waals surface area contributed by atoms with Gasteiger partial charge in [0.15, 0.2) is 0 Å². The number of carboxylic acid groups (broad SMARTS) is 1. The van der Waals surface area contributed by atoms with E-state index in [0.717, 1.165) is 5.56 Å². The summed E-state index contributed by atoms with van der Waals surface area (Å²) in [4.78, 5) is 10.2. The first-order chi connectivity index (χ1) is 6.59. The summed E-state index contributed by atoms with van der Waals surface area (Å²) in [7, 11) is 0. The van der Waals surface area contributed by atoms with Gasteiger partial charge in [-0.05, 0) is 30.5 Å². The third kappa shape index (κ3) is 3.34. The minimum absolute atomic E-state index is 0.0898. The average Bonchev–Trinajstić information content (AvgIpc) is 2.10. The number of carboxylic acids is 1. The van der Waals surface area contributed by atoms with Gasteiger partial charge >= 0.3 is 5.97 Å². The van der Waals surface area contributed by atoms with Gasteiger partial charge in [0.2, 0.25) is 0 Å². The molecule has 14 heavy (non-hydrogen) atoms. The van der Waals surface area contributed by atoms with Gasteiger partial charge in [-0.25, -0.2) is 4.39 Å². The smallest absolute Gasteiger partial charge is 0.303 e. The highest BCUT2D eigenvalue weighted by Gasteiger charge is 2.02. The predicted octanol–water partition coefficient (Wildman–Crippen LogP) is 2.89. The molecule has 1 aromatic rings. The van der Waals surface area contributed by atoms with Gasteiger partial charge in [0.1, 0.15) is 5.82 Å². The SMILES string of the molecule is O=C(O)CCCc1ccc(Cl)c(F)c1. The fourth-order valence-electron chi connectivity index (χ4n) is 1.14. The average molecular weight is 217 g/mol. The van der Waals surface area contributed by atoms with Crippen molar-refractivity contribution in [2.24, 2.45) is 0 Å². The van der Waals surface area contributed by atoms with Gasteiger partial charge in [-0.15, -0.1) is 0 Å². The van der Waals surface area contributed by atoms with E-state index in [1.54, 1.807) is 6.07 Å². The molecule has 0 atom stereocenters. The summed E-state index contributed by atoms with van der Waals surface area (Å²) < 4.78 is 12.9. The Hall–Kier alpha value is -1.09. The van der Waals surface area contributed by atoms with E-state index in [-0.39, 0.29) is 11.4 Å². The zero-order valence-corrected chi connectivity index (χ0v) is 8.22. The lowest BCUT2D eigenvalue weighted by Crippen LogP contribution is -1.96. The Morgan fingerprint density at radius 1 is 1.50 bits per heavy atom. The van der Waals surface area contributed by atoms with Crippen molar-refractivity contribution in [3.05, 3.63) is 34.6 Å². The van der Waals surface area contributed by atoms with Crippen molar-refractivity contribution >= 4 is 17.6 Å². The van der Waals surface area contributed by atoms with E-state index in [2.05, 4.69) is 0 Å². The molecule has 0 radical (unpaired) electrons. The van der Waals surface area contributed by atoms with Gasteiger partial charge in [0.05, 0.1) is 5.02 Å². The summed E-state index contributed by atoms with van der Waals surface area (Å²) in [6, 6.07) is 4.52. The van der Waals surface area contributed by atoms with Crippen molar-refractivity contribution in [3.8, 4) is 0 Å². The molecule has 0 fully saturated rings. The fraction of sp³-hybridized carbons (Fsp3) is 0.300. The van der Waals surface area contributed by atoms with Crippen LogP contribution in [0.2, 0.25) is 5.02 Å². The molecule has 0 aliphatic carbocycles. The van der Waals surface area contributed by atoms with Crippen LogP contribution in [0.3, 0.4) is 0 Å². The Labute approximate surface area is 86.3 Å². The maximum Gasteiger partial charge on any atom is 0.303 e. The Bertz CT molecular complexity index is 339. The van der Waals surface area contributed by atoms with Gasteiger partial charge in [0.25, 0.3) is 0 Å². The second kappa shape index (κ2) is 4.96. The molecule has 0 bridgehead atoms. The predicted molar refractivity (Wildman–Crippen MR) is 52.0 cm³/mol. The first-order valence-corrected chi connectivity index (χ1v) is 4.63. The van der Waals surface area contributed by atoms with Crippen molar-refractivity contribution < 1.29 is 14.3 Å². The van der Waals surface area contributed by atoms with Crippen LogP contribution in [0.15, 0.2) is 18.2 Å². The monoisotopic (exact) mass is 216 g/mol. The van der Waals surface area contributed by atoms with Crippen molar-refractivity contribution in [1.82, 2.24) is 0 Å². The van der Waals surface area contributed by atoms with Crippen LogP contribution in [0.25, 0.3) is 0 Å². The highest BCUT2D eigenvalue weighted by molar-refractivity contribution is 6.30. The lowest BCUT2D eigenvalue weighted by molar-refractivity contribution is -0.137. The summed E-state index contributed by atoms with van der Waals surface area (Å²) in [6.07, 6.45) is 1.17. The zero-order chi connectivity index (χ0) is 10.6. The molecule has 0 unspecified atom stereocenters. The summed E-state index contributed by atoms with van der Waals surface area (Å²) in [5, 5.41) is 8.48. The molecule has 1 N–H and O–H groups in total. The second-order valence-electron chi connectivity index (χ2n) is 3.00. The van der Waals surface area contributed by atoms with Crippen LogP contribution in [0, 0.1) is 5.82 Å².